The number of hydrogen-bond donors (Lipinski definition) is 0. The van der Waals surface area contributed by atoms with Crippen molar-refractivity contribution < 1.29 is 13.2 Å². The van der Waals surface area contributed by atoms with Crippen molar-refractivity contribution in [1.29, 1.82) is 0 Å². The molecule has 3 heterocycles. The summed E-state index contributed by atoms with van der Waals surface area (Å²) in [4.78, 5) is 17.0. The molecule has 1 amide bonds. The lowest BCUT2D eigenvalue weighted by atomic mass is 10.1. The lowest BCUT2D eigenvalue weighted by molar-refractivity contribution is -0.130. The molecule has 168 valence electrons. The van der Waals surface area contributed by atoms with E-state index in [1.807, 2.05) is 29.3 Å². The maximum atomic E-state index is 12.7. The Morgan fingerprint density at radius 2 is 1.62 bits per heavy atom. The molecule has 0 N–H and O–H groups in total. The molecule has 32 heavy (non-hydrogen) atoms. The molecule has 0 atom stereocenters. The van der Waals surface area contributed by atoms with E-state index < -0.39 is 15.1 Å². The number of carbonyl (C=O) groups is 1. The van der Waals surface area contributed by atoms with Crippen LogP contribution in [-0.4, -0.2) is 70.6 Å². The third kappa shape index (κ3) is 4.64. The third-order valence-corrected chi connectivity index (χ3v) is 7.73. The van der Waals surface area contributed by atoms with Crippen LogP contribution in [0.1, 0.15) is 19.4 Å². The van der Waals surface area contributed by atoms with E-state index in [0.29, 0.717) is 32.0 Å². The minimum Gasteiger partial charge on any atom is -0.352 e. The molecule has 0 aliphatic carbocycles. The summed E-state index contributed by atoms with van der Waals surface area (Å²) in [5.74, 6) is 1.46. The molecule has 2 aromatic heterocycles. The van der Waals surface area contributed by atoms with Crippen molar-refractivity contribution in [1.82, 2.24) is 24.9 Å². The summed E-state index contributed by atoms with van der Waals surface area (Å²) >= 11 is 0. The zero-order valence-electron chi connectivity index (χ0n) is 18.1. The van der Waals surface area contributed by atoms with Gasteiger partial charge in [0.1, 0.15) is 0 Å². The van der Waals surface area contributed by atoms with E-state index in [0.717, 1.165) is 11.4 Å². The van der Waals surface area contributed by atoms with Crippen molar-refractivity contribution in [3.05, 3.63) is 60.4 Å². The summed E-state index contributed by atoms with van der Waals surface area (Å²) in [7, 11) is -3.31. The normalized spacial score (nSPS) is 14.7. The summed E-state index contributed by atoms with van der Waals surface area (Å²) in [5.41, 5.74) is 0.806. The number of rotatable bonds is 6. The van der Waals surface area contributed by atoms with Gasteiger partial charge in [0.25, 0.3) is 0 Å². The molecule has 1 aliphatic heterocycles. The number of piperazine rings is 1. The van der Waals surface area contributed by atoms with E-state index in [9.17, 15) is 13.2 Å². The van der Waals surface area contributed by atoms with Crippen LogP contribution in [0.4, 0.5) is 5.82 Å². The smallest absolute Gasteiger partial charge is 0.227 e. The Balaban J connectivity index is 1.32. The molecule has 9 nitrogen and oxygen atoms in total. The Morgan fingerprint density at radius 3 is 2.19 bits per heavy atom. The zero-order chi connectivity index (χ0) is 22.7. The number of sulfone groups is 1. The first-order valence-corrected chi connectivity index (χ1v) is 12.1. The number of carbonyl (C=O) groups excluding carboxylic acids is 1. The fourth-order valence-electron chi connectivity index (χ4n) is 3.55. The van der Waals surface area contributed by atoms with Crippen molar-refractivity contribution in [2.24, 2.45) is 0 Å². The van der Waals surface area contributed by atoms with Gasteiger partial charge in [0.05, 0.1) is 16.6 Å². The predicted octanol–water partition coefficient (Wildman–Crippen LogP) is 1.74. The molecule has 4 rings (SSSR count). The van der Waals surface area contributed by atoms with Gasteiger partial charge in [-0.1, -0.05) is 12.1 Å². The highest BCUT2D eigenvalue weighted by molar-refractivity contribution is 7.92. The topological polar surface area (TPSA) is 101 Å². The van der Waals surface area contributed by atoms with Gasteiger partial charge in [0.15, 0.2) is 21.5 Å². The molecule has 1 saturated heterocycles. The molecule has 0 unspecified atom stereocenters. The van der Waals surface area contributed by atoms with Gasteiger partial charge in [0.2, 0.25) is 5.91 Å². The molecule has 0 spiro atoms. The summed E-state index contributed by atoms with van der Waals surface area (Å²) in [5, 5.41) is 12.2. The van der Waals surface area contributed by atoms with Crippen LogP contribution in [-0.2, 0) is 21.1 Å². The van der Waals surface area contributed by atoms with E-state index in [4.69, 9.17) is 0 Å². The van der Waals surface area contributed by atoms with Gasteiger partial charge in [0, 0.05) is 38.6 Å². The maximum Gasteiger partial charge on any atom is 0.227 e. The van der Waals surface area contributed by atoms with Gasteiger partial charge in [-0.3, -0.25) is 4.79 Å². The average molecular weight is 455 g/mol. The second kappa shape index (κ2) is 9.07. The highest BCUT2D eigenvalue weighted by Crippen LogP contribution is 2.18. The molecular formula is C22H26N6O3S. The first-order chi connectivity index (χ1) is 15.3. The van der Waals surface area contributed by atoms with Crippen molar-refractivity contribution in [2.45, 2.75) is 30.4 Å². The first-order valence-electron chi connectivity index (χ1n) is 10.5. The molecule has 1 aromatic carbocycles. The number of benzene rings is 1. The van der Waals surface area contributed by atoms with Crippen LogP contribution in [0, 0.1) is 0 Å². The SMILES string of the molecule is CC(C)S(=O)(=O)c1ccc(CC(=O)N2CCN(c3ccc(-n4cccn4)nn3)CC2)cc1. The Morgan fingerprint density at radius 1 is 0.969 bits per heavy atom. The molecule has 10 heteroatoms. The molecule has 1 aliphatic rings. The van der Waals surface area contributed by atoms with E-state index >= 15 is 0 Å². The van der Waals surface area contributed by atoms with Crippen LogP contribution in [0.3, 0.4) is 0 Å². The minimum absolute atomic E-state index is 0.0317. The van der Waals surface area contributed by atoms with E-state index in [1.54, 1.807) is 49.0 Å². The molecular weight excluding hydrogens is 428 g/mol. The molecule has 3 aromatic rings. The number of hydrogen-bond acceptors (Lipinski definition) is 7. The quantitative estimate of drug-likeness (QED) is 0.559. The largest absolute Gasteiger partial charge is 0.352 e. The number of amides is 1. The van der Waals surface area contributed by atoms with Gasteiger partial charge >= 0.3 is 0 Å². The Labute approximate surface area is 187 Å². The first kappa shape index (κ1) is 21.9. The van der Waals surface area contributed by atoms with Crippen LogP contribution < -0.4 is 4.90 Å². The zero-order valence-corrected chi connectivity index (χ0v) is 18.9. The summed E-state index contributed by atoms with van der Waals surface area (Å²) in [6.07, 6.45) is 3.75. The minimum atomic E-state index is -3.31. The van der Waals surface area contributed by atoms with Crippen molar-refractivity contribution in [3.63, 3.8) is 0 Å². The fourth-order valence-corrected chi connectivity index (χ4v) is 4.61. The Kier molecular flexibility index (Phi) is 6.22. The van der Waals surface area contributed by atoms with E-state index in [2.05, 4.69) is 20.2 Å². The van der Waals surface area contributed by atoms with Gasteiger partial charge < -0.3 is 9.80 Å². The van der Waals surface area contributed by atoms with E-state index in [1.165, 1.54) is 0 Å². The van der Waals surface area contributed by atoms with Crippen LogP contribution in [0.2, 0.25) is 0 Å². The summed E-state index contributed by atoms with van der Waals surface area (Å²) < 4.78 is 26.1. The standard InChI is InChI=1S/C22H26N6O3S/c1-17(2)32(30,31)19-6-4-18(5-7-19)16-22(29)27-14-12-26(13-15-27)20-8-9-21(25-24-20)28-11-3-10-23-28/h3-11,17H,12-16H2,1-2H3. The van der Waals surface area contributed by atoms with Crippen LogP contribution in [0.25, 0.3) is 5.82 Å². The molecule has 0 radical (unpaired) electrons. The van der Waals surface area contributed by atoms with Crippen molar-refractivity contribution >= 4 is 21.6 Å². The van der Waals surface area contributed by atoms with E-state index in [-0.39, 0.29) is 17.2 Å². The lowest BCUT2D eigenvalue weighted by Crippen LogP contribution is -2.49. The van der Waals surface area contributed by atoms with Crippen LogP contribution >= 0.6 is 0 Å². The predicted molar refractivity (Wildman–Crippen MR) is 120 cm³/mol. The molecule has 0 bridgehead atoms. The monoisotopic (exact) mass is 454 g/mol. The lowest BCUT2D eigenvalue weighted by Gasteiger charge is -2.35. The Hall–Kier alpha value is -3.27. The highest BCUT2D eigenvalue weighted by Gasteiger charge is 2.23. The highest BCUT2D eigenvalue weighted by atomic mass is 32.2. The third-order valence-electron chi connectivity index (χ3n) is 5.56. The molecule has 1 fully saturated rings. The summed E-state index contributed by atoms with van der Waals surface area (Å²) in [6.45, 7) is 5.86. The van der Waals surface area contributed by atoms with Crippen molar-refractivity contribution in [3.8, 4) is 5.82 Å². The molecule has 0 saturated carbocycles. The van der Waals surface area contributed by atoms with Gasteiger partial charge in [-0.25, -0.2) is 13.1 Å². The van der Waals surface area contributed by atoms with Gasteiger partial charge in [-0.05, 0) is 49.7 Å². The van der Waals surface area contributed by atoms with Crippen LogP contribution in [0.5, 0.6) is 0 Å². The van der Waals surface area contributed by atoms with Gasteiger partial charge in [-0.15, -0.1) is 10.2 Å². The average Bonchev–Trinajstić information content (AvgIpc) is 3.35. The van der Waals surface area contributed by atoms with Gasteiger partial charge in [-0.2, -0.15) is 5.10 Å². The van der Waals surface area contributed by atoms with Crippen molar-refractivity contribution in [2.75, 3.05) is 31.1 Å². The second-order valence-electron chi connectivity index (χ2n) is 7.98. The number of nitrogens with zero attached hydrogens (tertiary/aromatic N) is 6. The van der Waals surface area contributed by atoms with Crippen LogP contribution in [0.15, 0.2) is 59.8 Å². The Bertz CT molecular complexity index is 1150. The fraction of sp³-hybridized carbons (Fsp3) is 0.364. The number of anilines is 1. The summed E-state index contributed by atoms with van der Waals surface area (Å²) in [6, 6.07) is 12.2. The second-order valence-corrected chi connectivity index (χ2v) is 10.5. The maximum absolute atomic E-state index is 12.7. The number of aromatic nitrogens is 4.